The molecule has 1 fully saturated rings. The van der Waals surface area contributed by atoms with Crippen LogP contribution in [-0.2, 0) is 6.54 Å². The number of aromatic nitrogens is 1. The SMILES string of the molecule is COc1cc(-c2nc(C3CC3)c(CN)s2)cc(Cl)c1OC. The highest BCUT2D eigenvalue weighted by Crippen LogP contribution is 2.45. The number of hydrogen-bond donors (Lipinski definition) is 1. The Labute approximate surface area is 132 Å². The van der Waals surface area contributed by atoms with E-state index in [1.807, 2.05) is 12.1 Å². The van der Waals surface area contributed by atoms with Crippen molar-refractivity contribution in [3.05, 3.63) is 27.7 Å². The summed E-state index contributed by atoms with van der Waals surface area (Å²) < 4.78 is 10.6. The van der Waals surface area contributed by atoms with E-state index in [0.717, 1.165) is 16.3 Å². The van der Waals surface area contributed by atoms with Crippen LogP contribution >= 0.6 is 22.9 Å². The number of nitrogens with zero attached hydrogens (tertiary/aromatic N) is 1. The molecule has 1 heterocycles. The Balaban J connectivity index is 2.06. The first-order chi connectivity index (χ1) is 10.2. The zero-order valence-electron chi connectivity index (χ0n) is 12.0. The van der Waals surface area contributed by atoms with Gasteiger partial charge in [-0.1, -0.05) is 11.6 Å². The molecule has 0 unspecified atom stereocenters. The van der Waals surface area contributed by atoms with Crippen molar-refractivity contribution < 1.29 is 9.47 Å². The Bertz CT molecular complexity index is 668. The fourth-order valence-corrected chi connectivity index (χ4v) is 3.65. The number of halogens is 1. The van der Waals surface area contributed by atoms with Gasteiger partial charge in [0, 0.05) is 22.9 Å². The minimum Gasteiger partial charge on any atom is -0.493 e. The van der Waals surface area contributed by atoms with Crippen molar-refractivity contribution in [3.8, 4) is 22.1 Å². The predicted octanol–water partition coefficient (Wildman–Crippen LogP) is 3.82. The maximum atomic E-state index is 6.27. The summed E-state index contributed by atoms with van der Waals surface area (Å²) in [6.45, 7) is 0.532. The van der Waals surface area contributed by atoms with Crippen LogP contribution < -0.4 is 15.2 Å². The molecule has 2 N–H and O–H groups in total. The maximum Gasteiger partial charge on any atom is 0.179 e. The fourth-order valence-electron chi connectivity index (χ4n) is 2.35. The van der Waals surface area contributed by atoms with E-state index in [9.17, 15) is 0 Å². The minimum atomic E-state index is 0.518. The topological polar surface area (TPSA) is 57.4 Å². The van der Waals surface area contributed by atoms with Gasteiger partial charge in [0.05, 0.1) is 24.9 Å². The van der Waals surface area contributed by atoms with Crippen molar-refractivity contribution in [1.82, 2.24) is 4.98 Å². The van der Waals surface area contributed by atoms with E-state index in [1.165, 1.54) is 17.7 Å². The highest BCUT2D eigenvalue weighted by Gasteiger charge is 2.29. The van der Waals surface area contributed by atoms with Crippen LogP contribution in [0.25, 0.3) is 10.6 Å². The highest BCUT2D eigenvalue weighted by atomic mass is 35.5. The summed E-state index contributed by atoms with van der Waals surface area (Å²) >= 11 is 7.90. The second-order valence-corrected chi connectivity index (χ2v) is 6.49. The number of rotatable bonds is 5. The van der Waals surface area contributed by atoms with Gasteiger partial charge in [0.15, 0.2) is 11.5 Å². The van der Waals surface area contributed by atoms with Gasteiger partial charge in [0.25, 0.3) is 0 Å². The molecule has 0 bridgehead atoms. The standard InChI is InChI=1S/C15H17ClN2O2S/c1-19-11-6-9(5-10(16)14(11)20-2)15-18-13(8-3-4-8)12(7-17)21-15/h5-6,8H,3-4,7,17H2,1-2H3. The molecule has 0 aliphatic heterocycles. The summed E-state index contributed by atoms with van der Waals surface area (Å²) in [6, 6.07) is 3.76. The number of methoxy groups -OCH3 is 2. The summed E-state index contributed by atoms with van der Waals surface area (Å²) in [6.07, 6.45) is 2.42. The molecule has 112 valence electrons. The van der Waals surface area contributed by atoms with Gasteiger partial charge in [-0.15, -0.1) is 11.3 Å². The Hall–Kier alpha value is -1.30. The van der Waals surface area contributed by atoms with Gasteiger partial charge in [0.1, 0.15) is 5.01 Å². The lowest BCUT2D eigenvalue weighted by Crippen LogP contribution is -1.96. The Kier molecular flexibility index (Phi) is 4.06. The molecular formula is C15H17ClN2O2S. The van der Waals surface area contributed by atoms with Gasteiger partial charge in [0.2, 0.25) is 0 Å². The molecule has 0 spiro atoms. The zero-order valence-corrected chi connectivity index (χ0v) is 13.6. The van der Waals surface area contributed by atoms with Gasteiger partial charge in [-0.05, 0) is 25.0 Å². The molecule has 1 aliphatic carbocycles. The lowest BCUT2D eigenvalue weighted by molar-refractivity contribution is 0.355. The van der Waals surface area contributed by atoms with Gasteiger partial charge in [-0.3, -0.25) is 0 Å². The Morgan fingerprint density at radius 1 is 1.33 bits per heavy atom. The molecule has 0 amide bonds. The van der Waals surface area contributed by atoms with E-state index >= 15 is 0 Å². The van der Waals surface area contributed by atoms with Crippen molar-refractivity contribution in [2.24, 2.45) is 5.73 Å². The first-order valence-electron chi connectivity index (χ1n) is 6.79. The van der Waals surface area contributed by atoms with E-state index in [1.54, 1.807) is 25.6 Å². The van der Waals surface area contributed by atoms with E-state index in [2.05, 4.69) is 0 Å². The van der Waals surface area contributed by atoms with Crippen molar-refractivity contribution in [2.75, 3.05) is 14.2 Å². The third-order valence-corrected chi connectivity index (χ3v) is 4.98. The quantitative estimate of drug-likeness (QED) is 0.908. The van der Waals surface area contributed by atoms with Crippen LogP contribution in [0.1, 0.15) is 29.3 Å². The first kappa shape index (κ1) is 14.6. The van der Waals surface area contributed by atoms with Crippen LogP contribution in [0.4, 0.5) is 0 Å². The molecule has 1 aromatic heterocycles. The van der Waals surface area contributed by atoms with Gasteiger partial charge in [-0.25, -0.2) is 4.98 Å². The summed E-state index contributed by atoms with van der Waals surface area (Å²) in [5.41, 5.74) is 7.93. The molecule has 3 rings (SSSR count). The van der Waals surface area contributed by atoms with Crippen molar-refractivity contribution in [1.29, 1.82) is 0 Å². The molecule has 0 radical (unpaired) electrons. The Morgan fingerprint density at radius 3 is 2.67 bits per heavy atom. The normalized spacial score (nSPS) is 14.3. The molecule has 2 aromatic rings. The van der Waals surface area contributed by atoms with Crippen molar-refractivity contribution in [2.45, 2.75) is 25.3 Å². The maximum absolute atomic E-state index is 6.27. The van der Waals surface area contributed by atoms with Gasteiger partial charge >= 0.3 is 0 Å². The van der Waals surface area contributed by atoms with Gasteiger partial charge < -0.3 is 15.2 Å². The van der Waals surface area contributed by atoms with E-state index in [-0.39, 0.29) is 0 Å². The summed E-state index contributed by atoms with van der Waals surface area (Å²) in [5, 5.41) is 1.45. The monoisotopic (exact) mass is 324 g/mol. The van der Waals surface area contributed by atoms with Crippen LogP contribution in [0.15, 0.2) is 12.1 Å². The number of hydrogen-bond acceptors (Lipinski definition) is 5. The Morgan fingerprint density at radius 2 is 2.10 bits per heavy atom. The van der Waals surface area contributed by atoms with Crippen molar-refractivity contribution >= 4 is 22.9 Å². The molecule has 1 aromatic carbocycles. The first-order valence-corrected chi connectivity index (χ1v) is 7.99. The van der Waals surface area contributed by atoms with Gasteiger partial charge in [-0.2, -0.15) is 0 Å². The highest BCUT2D eigenvalue weighted by molar-refractivity contribution is 7.15. The largest absolute Gasteiger partial charge is 0.493 e. The third-order valence-electron chi connectivity index (χ3n) is 3.56. The lowest BCUT2D eigenvalue weighted by Gasteiger charge is -2.10. The second kappa shape index (κ2) is 5.83. The van der Waals surface area contributed by atoms with Crippen LogP contribution in [0.5, 0.6) is 11.5 Å². The average molecular weight is 325 g/mol. The van der Waals surface area contributed by atoms with Crippen LogP contribution in [0.3, 0.4) is 0 Å². The van der Waals surface area contributed by atoms with Crippen molar-refractivity contribution in [3.63, 3.8) is 0 Å². The smallest absolute Gasteiger partial charge is 0.179 e. The van der Waals surface area contributed by atoms with E-state index < -0.39 is 0 Å². The van der Waals surface area contributed by atoms with Crippen LogP contribution in [0, 0.1) is 0 Å². The lowest BCUT2D eigenvalue weighted by atomic mass is 10.2. The molecule has 0 saturated heterocycles. The average Bonchev–Trinajstić information content (AvgIpc) is 3.25. The number of nitrogens with two attached hydrogens (primary N) is 1. The molecular weight excluding hydrogens is 308 g/mol. The summed E-state index contributed by atoms with van der Waals surface area (Å²) in [5.74, 6) is 1.74. The molecule has 1 saturated carbocycles. The molecule has 21 heavy (non-hydrogen) atoms. The van der Waals surface area contributed by atoms with E-state index in [4.69, 9.17) is 31.8 Å². The number of ether oxygens (including phenoxy) is 2. The molecule has 0 atom stereocenters. The minimum absolute atomic E-state index is 0.518. The summed E-state index contributed by atoms with van der Waals surface area (Å²) in [7, 11) is 3.17. The number of thiazole rings is 1. The second-order valence-electron chi connectivity index (χ2n) is 5.00. The summed E-state index contributed by atoms with van der Waals surface area (Å²) in [4.78, 5) is 5.93. The number of benzene rings is 1. The molecule has 1 aliphatic rings. The third kappa shape index (κ3) is 2.73. The van der Waals surface area contributed by atoms with Crippen LogP contribution in [0.2, 0.25) is 5.02 Å². The predicted molar refractivity (Wildman–Crippen MR) is 85.5 cm³/mol. The van der Waals surface area contributed by atoms with Crippen LogP contribution in [-0.4, -0.2) is 19.2 Å². The zero-order chi connectivity index (χ0) is 15.0. The molecule has 4 nitrogen and oxygen atoms in total. The fraction of sp³-hybridized carbons (Fsp3) is 0.400. The van der Waals surface area contributed by atoms with E-state index in [0.29, 0.717) is 29.0 Å². The molecule has 6 heteroatoms.